The number of hydrogen-bond acceptors (Lipinski definition) is 4. The number of nitrogens with one attached hydrogen (secondary N) is 1. The summed E-state index contributed by atoms with van der Waals surface area (Å²) in [5, 5.41) is 10.7. The van der Waals surface area contributed by atoms with Crippen molar-refractivity contribution in [2.75, 3.05) is 5.32 Å². The fourth-order valence-electron chi connectivity index (χ4n) is 2.60. The lowest BCUT2D eigenvalue weighted by Gasteiger charge is -2.09. The maximum absolute atomic E-state index is 12.4. The summed E-state index contributed by atoms with van der Waals surface area (Å²) in [4.78, 5) is 12.4. The van der Waals surface area contributed by atoms with E-state index in [0.717, 1.165) is 28.4 Å². The van der Waals surface area contributed by atoms with Crippen LogP contribution in [0.5, 0.6) is 0 Å². The van der Waals surface area contributed by atoms with Crippen molar-refractivity contribution >= 4 is 27.7 Å². The molecule has 0 atom stereocenters. The summed E-state index contributed by atoms with van der Waals surface area (Å²) in [7, 11) is 0. The molecule has 0 saturated heterocycles. The number of nitrogens with zero attached hydrogens (tertiary/aromatic N) is 2. The van der Waals surface area contributed by atoms with Gasteiger partial charge >= 0.3 is 0 Å². The topological polar surface area (TPSA) is 68.0 Å². The lowest BCUT2D eigenvalue weighted by atomic mass is 9.98. The minimum absolute atomic E-state index is 0.255. The minimum Gasteiger partial charge on any atom is -0.302 e. The molecule has 1 amide bonds. The Labute approximate surface area is 154 Å². The molecule has 1 N–H and O–H groups in total. The number of hydrogen-bond donors (Lipinski definition) is 1. The molecule has 1 heterocycles. The van der Waals surface area contributed by atoms with Crippen LogP contribution < -0.4 is 5.32 Å². The molecule has 3 rings (SSSR count). The number of carbonyl (C=O) groups is 1. The van der Waals surface area contributed by atoms with E-state index in [4.69, 9.17) is 4.63 Å². The van der Waals surface area contributed by atoms with Gasteiger partial charge in [0.25, 0.3) is 5.91 Å². The molecule has 6 heteroatoms. The number of benzene rings is 2. The molecule has 128 valence electrons. The molecule has 2 aromatic carbocycles. The van der Waals surface area contributed by atoms with Crippen molar-refractivity contribution in [3.63, 3.8) is 0 Å². The van der Waals surface area contributed by atoms with Crippen molar-refractivity contribution in [1.29, 1.82) is 0 Å². The third-order valence-corrected chi connectivity index (χ3v) is 4.57. The summed E-state index contributed by atoms with van der Waals surface area (Å²) in [6.45, 7) is 4.18. The zero-order valence-corrected chi connectivity index (χ0v) is 15.6. The molecule has 0 fully saturated rings. The minimum atomic E-state index is -0.255. The van der Waals surface area contributed by atoms with E-state index >= 15 is 0 Å². The average Bonchev–Trinajstić information content (AvgIpc) is 3.09. The van der Waals surface area contributed by atoms with Gasteiger partial charge in [0, 0.05) is 15.6 Å². The number of aryl methyl sites for hydroxylation is 2. The predicted molar refractivity (Wildman–Crippen MR) is 101 cm³/mol. The van der Waals surface area contributed by atoms with Crippen molar-refractivity contribution < 1.29 is 9.42 Å². The summed E-state index contributed by atoms with van der Waals surface area (Å²) in [5.41, 5.74) is 4.36. The van der Waals surface area contributed by atoms with Gasteiger partial charge in [-0.2, -0.15) is 0 Å². The highest BCUT2D eigenvalue weighted by Gasteiger charge is 2.18. The Hall–Kier alpha value is -2.47. The Morgan fingerprint density at radius 2 is 1.84 bits per heavy atom. The van der Waals surface area contributed by atoms with Crippen LogP contribution >= 0.6 is 15.9 Å². The maximum Gasteiger partial charge on any atom is 0.256 e. The third kappa shape index (κ3) is 3.79. The van der Waals surface area contributed by atoms with Crippen LogP contribution in [0.3, 0.4) is 0 Å². The van der Waals surface area contributed by atoms with Crippen molar-refractivity contribution in [2.45, 2.75) is 26.7 Å². The second-order valence-corrected chi connectivity index (χ2v) is 6.54. The lowest BCUT2D eigenvalue weighted by molar-refractivity contribution is 0.102. The molecule has 0 unspecified atom stereocenters. The summed E-state index contributed by atoms with van der Waals surface area (Å²) < 4.78 is 5.82. The van der Waals surface area contributed by atoms with Crippen LogP contribution in [-0.4, -0.2) is 16.2 Å². The van der Waals surface area contributed by atoms with Gasteiger partial charge in [-0.25, -0.2) is 4.63 Å². The van der Waals surface area contributed by atoms with Crippen molar-refractivity contribution in [1.82, 2.24) is 10.3 Å². The van der Waals surface area contributed by atoms with E-state index in [2.05, 4.69) is 63.6 Å². The van der Waals surface area contributed by atoms with Crippen molar-refractivity contribution in [3.05, 3.63) is 63.6 Å². The van der Waals surface area contributed by atoms with Gasteiger partial charge in [0.2, 0.25) is 5.82 Å². The van der Waals surface area contributed by atoms with Crippen LogP contribution in [0.2, 0.25) is 0 Å². The molecule has 0 aliphatic carbocycles. The number of amides is 1. The SMILES string of the molecule is CCc1ccc(CC)c(-c2nonc2NC(=O)c2ccc(Br)cc2)c1. The Bertz CT molecular complexity index is 888. The molecule has 0 bridgehead atoms. The molecule has 0 spiro atoms. The first-order valence-corrected chi connectivity index (χ1v) is 8.93. The Morgan fingerprint density at radius 1 is 1.08 bits per heavy atom. The highest BCUT2D eigenvalue weighted by molar-refractivity contribution is 9.10. The molecular weight excluding hydrogens is 382 g/mol. The van der Waals surface area contributed by atoms with Crippen molar-refractivity contribution in [2.24, 2.45) is 0 Å². The van der Waals surface area contributed by atoms with Gasteiger partial charge in [-0.15, -0.1) is 0 Å². The Balaban J connectivity index is 1.93. The Morgan fingerprint density at radius 3 is 2.52 bits per heavy atom. The molecule has 0 radical (unpaired) electrons. The second-order valence-electron chi connectivity index (χ2n) is 5.62. The zero-order chi connectivity index (χ0) is 17.8. The van der Waals surface area contributed by atoms with Gasteiger partial charge < -0.3 is 5.32 Å². The first kappa shape index (κ1) is 17.4. The standard InChI is InChI=1S/C19H18BrN3O2/c1-3-12-5-6-13(4-2)16(11-12)17-18(23-25-22-17)21-19(24)14-7-9-15(20)10-8-14/h5-11H,3-4H2,1-2H3,(H,21,23,24). The molecule has 3 aromatic rings. The summed E-state index contributed by atoms with van der Waals surface area (Å²) in [6, 6.07) is 13.4. The molecule has 25 heavy (non-hydrogen) atoms. The molecule has 1 aromatic heterocycles. The first-order chi connectivity index (χ1) is 12.1. The van der Waals surface area contributed by atoms with E-state index in [0.29, 0.717) is 17.1 Å². The van der Waals surface area contributed by atoms with Crippen LogP contribution in [0, 0.1) is 0 Å². The van der Waals surface area contributed by atoms with Gasteiger partial charge in [-0.05, 0) is 64.6 Å². The number of halogens is 1. The van der Waals surface area contributed by atoms with Crippen molar-refractivity contribution in [3.8, 4) is 11.3 Å². The van der Waals surface area contributed by atoms with E-state index in [1.807, 2.05) is 12.1 Å². The number of rotatable bonds is 5. The highest BCUT2D eigenvalue weighted by Crippen LogP contribution is 2.29. The fourth-order valence-corrected chi connectivity index (χ4v) is 2.86. The number of aromatic nitrogens is 2. The third-order valence-electron chi connectivity index (χ3n) is 4.05. The monoisotopic (exact) mass is 399 g/mol. The van der Waals surface area contributed by atoms with Crippen LogP contribution in [0.15, 0.2) is 51.6 Å². The highest BCUT2D eigenvalue weighted by atomic mass is 79.9. The van der Waals surface area contributed by atoms with E-state index in [1.54, 1.807) is 12.1 Å². The Kier molecular flexibility index (Phi) is 5.28. The molecule has 0 aliphatic heterocycles. The second kappa shape index (κ2) is 7.61. The van der Waals surface area contributed by atoms with Gasteiger partial charge in [0.1, 0.15) is 0 Å². The van der Waals surface area contributed by atoms with Crippen LogP contribution in [-0.2, 0) is 12.8 Å². The molecule has 5 nitrogen and oxygen atoms in total. The first-order valence-electron chi connectivity index (χ1n) is 8.14. The van der Waals surface area contributed by atoms with Crippen LogP contribution in [0.4, 0.5) is 5.82 Å². The molecular formula is C19H18BrN3O2. The normalized spacial score (nSPS) is 10.7. The maximum atomic E-state index is 12.4. The molecule has 0 aliphatic rings. The molecule has 0 saturated carbocycles. The average molecular weight is 400 g/mol. The van der Waals surface area contributed by atoms with E-state index in [9.17, 15) is 4.79 Å². The lowest BCUT2D eigenvalue weighted by Crippen LogP contribution is -2.12. The van der Waals surface area contributed by atoms with E-state index in [-0.39, 0.29) is 5.91 Å². The van der Waals surface area contributed by atoms with E-state index < -0.39 is 0 Å². The number of carbonyl (C=O) groups excluding carboxylic acids is 1. The van der Waals surface area contributed by atoms with Gasteiger partial charge in [-0.3, -0.25) is 4.79 Å². The quantitative estimate of drug-likeness (QED) is 0.663. The van der Waals surface area contributed by atoms with Gasteiger partial charge in [-0.1, -0.05) is 41.9 Å². The number of anilines is 1. The van der Waals surface area contributed by atoms with E-state index in [1.165, 1.54) is 5.56 Å². The van der Waals surface area contributed by atoms with Crippen LogP contribution in [0.25, 0.3) is 11.3 Å². The largest absolute Gasteiger partial charge is 0.302 e. The summed E-state index contributed by atoms with van der Waals surface area (Å²) in [5.74, 6) is 0.0741. The zero-order valence-electron chi connectivity index (χ0n) is 14.0. The smallest absolute Gasteiger partial charge is 0.256 e. The van der Waals surface area contributed by atoms with Gasteiger partial charge in [0.05, 0.1) is 0 Å². The summed E-state index contributed by atoms with van der Waals surface area (Å²) in [6.07, 6.45) is 1.77. The summed E-state index contributed by atoms with van der Waals surface area (Å²) >= 11 is 3.36. The predicted octanol–water partition coefficient (Wildman–Crippen LogP) is 4.88. The van der Waals surface area contributed by atoms with Crippen LogP contribution in [0.1, 0.15) is 35.3 Å². The fraction of sp³-hybridized carbons (Fsp3) is 0.211. The van der Waals surface area contributed by atoms with Gasteiger partial charge in [0.15, 0.2) is 5.69 Å².